The van der Waals surface area contributed by atoms with Gasteiger partial charge in [-0.05, 0) is 74.4 Å². The van der Waals surface area contributed by atoms with Gasteiger partial charge in [-0.1, -0.05) is 0 Å². The maximum absolute atomic E-state index is 13.0. The van der Waals surface area contributed by atoms with Gasteiger partial charge in [0.1, 0.15) is 17.4 Å². The average molecular weight is 445 g/mol. The molecule has 3 rings (SSSR count). The number of carbonyl (C=O) groups is 1. The van der Waals surface area contributed by atoms with Crippen LogP contribution >= 0.6 is 0 Å². The number of halogens is 1. The first-order valence-corrected chi connectivity index (χ1v) is 11.3. The molecule has 1 aromatic heterocycles. The van der Waals surface area contributed by atoms with Gasteiger partial charge in [-0.15, -0.1) is 0 Å². The predicted molar refractivity (Wildman–Crippen MR) is 122 cm³/mol. The van der Waals surface area contributed by atoms with Crippen LogP contribution in [0.25, 0.3) is 0 Å². The van der Waals surface area contributed by atoms with Crippen LogP contribution < -0.4 is 9.64 Å². The number of Topliss-reactive ketones (excluding diaryl/α,β-unsaturated/α-hetero) is 1. The topological polar surface area (TPSA) is 82.9 Å². The van der Waals surface area contributed by atoms with Gasteiger partial charge in [-0.3, -0.25) is 4.79 Å². The lowest BCUT2D eigenvalue weighted by atomic mass is 9.92. The molecule has 174 valence electrons. The Morgan fingerprint density at radius 2 is 1.97 bits per heavy atom. The number of aliphatic hydroxyl groups is 2. The first-order chi connectivity index (χ1) is 15.5. The summed E-state index contributed by atoms with van der Waals surface area (Å²) < 4.78 is 18.9. The highest BCUT2D eigenvalue weighted by Crippen LogP contribution is 2.26. The van der Waals surface area contributed by atoms with E-state index in [1.54, 1.807) is 18.2 Å². The summed E-state index contributed by atoms with van der Waals surface area (Å²) in [7, 11) is 0. The molecule has 0 unspecified atom stereocenters. The van der Waals surface area contributed by atoms with Gasteiger partial charge in [0.15, 0.2) is 5.78 Å². The van der Waals surface area contributed by atoms with Crippen LogP contribution in [0.1, 0.15) is 48.0 Å². The van der Waals surface area contributed by atoms with E-state index in [9.17, 15) is 19.4 Å². The molecule has 1 aromatic carbocycles. The average Bonchev–Trinajstić information content (AvgIpc) is 2.81. The number of aliphatic hydroxyl groups excluding tert-OH is 2. The number of aryl methyl sites for hydroxylation is 1. The van der Waals surface area contributed by atoms with Gasteiger partial charge in [0.25, 0.3) is 0 Å². The van der Waals surface area contributed by atoms with E-state index in [4.69, 9.17) is 4.74 Å². The smallest absolute Gasteiger partial charge is 0.163 e. The van der Waals surface area contributed by atoms with Crippen molar-refractivity contribution in [3.05, 3.63) is 53.5 Å². The minimum absolute atomic E-state index is 0.0793. The fourth-order valence-corrected chi connectivity index (χ4v) is 4.17. The van der Waals surface area contributed by atoms with Gasteiger partial charge < -0.3 is 19.8 Å². The molecule has 6 nitrogen and oxygen atoms in total. The van der Waals surface area contributed by atoms with E-state index in [1.807, 2.05) is 13.0 Å². The molecule has 0 aliphatic carbocycles. The van der Waals surface area contributed by atoms with Crippen LogP contribution in [0.15, 0.2) is 36.5 Å². The summed E-state index contributed by atoms with van der Waals surface area (Å²) in [6.45, 7) is 3.97. The zero-order chi connectivity index (χ0) is 22.9. The van der Waals surface area contributed by atoms with E-state index in [-0.39, 0.29) is 31.2 Å². The van der Waals surface area contributed by atoms with Crippen molar-refractivity contribution in [3.63, 3.8) is 0 Å². The molecule has 0 atom stereocenters. The van der Waals surface area contributed by atoms with E-state index in [2.05, 4.69) is 9.88 Å². The summed E-state index contributed by atoms with van der Waals surface area (Å²) in [6.07, 6.45) is 5.65. The zero-order valence-corrected chi connectivity index (χ0v) is 18.7. The van der Waals surface area contributed by atoms with Crippen molar-refractivity contribution in [1.82, 2.24) is 4.98 Å². The minimum atomic E-state index is -0.420. The van der Waals surface area contributed by atoms with E-state index in [0.717, 1.165) is 55.9 Å². The first kappa shape index (κ1) is 24.1. The maximum atomic E-state index is 13.0. The number of piperidine rings is 1. The highest BCUT2D eigenvalue weighted by Gasteiger charge is 2.20. The SMILES string of the molecule is Cc1cc(OCCCC2CCN(c3ccc(F)cn3)CC2)ccc1C(=O)CC(CO)CO. The number of nitrogens with zero attached hydrogens (tertiary/aromatic N) is 2. The van der Waals surface area contributed by atoms with Crippen molar-refractivity contribution in [1.29, 1.82) is 0 Å². The Balaban J connectivity index is 1.38. The number of ether oxygens (including phenoxy) is 1. The molecule has 1 fully saturated rings. The normalized spacial score (nSPS) is 14.7. The number of pyridine rings is 1. The highest BCUT2D eigenvalue weighted by molar-refractivity contribution is 5.97. The second-order valence-corrected chi connectivity index (χ2v) is 8.59. The fraction of sp³-hybridized carbons (Fsp3) is 0.520. The quantitative estimate of drug-likeness (QED) is 0.405. The fourth-order valence-electron chi connectivity index (χ4n) is 4.17. The Hall–Kier alpha value is -2.51. The Kier molecular flexibility index (Phi) is 9.00. The number of carbonyl (C=O) groups excluding carboxylic acids is 1. The number of hydrogen-bond donors (Lipinski definition) is 2. The summed E-state index contributed by atoms with van der Waals surface area (Å²) in [5.41, 5.74) is 1.44. The molecule has 2 aromatic rings. The third-order valence-electron chi connectivity index (χ3n) is 6.16. The molecule has 7 heteroatoms. The molecule has 1 aliphatic heterocycles. The van der Waals surface area contributed by atoms with Crippen molar-refractivity contribution in [2.75, 3.05) is 37.8 Å². The Bertz CT molecular complexity index is 863. The van der Waals surface area contributed by atoms with E-state index in [1.165, 1.54) is 12.3 Å². The first-order valence-electron chi connectivity index (χ1n) is 11.3. The summed E-state index contributed by atoms with van der Waals surface area (Å²) in [4.78, 5) is 18.8. The molecule has 0 bridgehead atoms. The molecule has 0 spiro atoms. The molecular formula is C25H33FN2O4. The lowest BCUT2D eigenvalue weighted by Crippen LogP contribution is -2.34. The van der Waals surface area contributed by atoms with Crippen LogP contribution in [-0.2, 0) is 0 Å². The summed E-state index contributed by atoms with van der Waals surface area (Å²) in [6, 6.07) is 8.63. The molecule has 2 heterocycles. The van der Waals surface area contributed by atoms with Crippen molar-refractivity contribution in [2.45, 2.75) is 39.0 Å². The number of ketones is 1. The molecule has 32 heavy (non-hydrogen) atoms. The van der Waals surface area contributed by atoms with Crippen molar-refractivity contribution < 1.29 is 24.1 Å². The zero-order valence-electron chi connectivity index (χ0n) is 18.7. The predicted octanol–water partition coefficient (Wildman–Crippen LogP) is 3.78. The maximum Gasteiger partial charge on any atom is 0.163 e. The van der Waals surface area contributed by atoms with Crippen LogP contribution in [0.4, 0.5) is 10.2 Å². The Labute approximate surface area is 189 Å². The number of rotatable bonds is 11. The summed E-state index contributed by atoms with van der Waals surface area (Å²) in [5, 5.41) is 18.3. The molecule has 0 saturated carbocycles. The van der Waals surface area contributed by atoms with E-state index in [0.29, 0.717) is 18.1 Å². The molecule has 2 N–H and O–H groups in total. The summed E-state index contributed by atoms with van der Waals surface area (Å²) >= 11 is 0. The summed E-state index contributed by atoms with van der Waals surface area (Å²) in [5.74, 6) is 1.44. The largest absolute Gasteiger partial charge is 0.494 e. The van der Waals surface area contributed by atoms with Crippen LogP contribution in [-0.4, -0.2) is 53.9 Å². The van der Waals surface area contributed by atoms with Gasteiger partial charge in [-0.25, -0.2) is 9.37 Å². The molecule has 1 aliphatic rings. The van der Waals surface area contributed by atoms with Crippen LogP contribution in [0.5, 0.6) is 5.75 Å². The molecular weight excluding hydrogens is 411 g/mol. The standard InChI is InChI=1S/C25H33FN2O4/c1-18-13-22(5-6-23(18)24(31)14-20(16-29)17-30)32-12-2-3-19-8-10-28(11-9-19)25-7-4-21(26)15-27-25/h4-7,13,15,19-20,29-30H,2-3,8-12,14,16-17H2,1H3. The molecule has 0 amide bonds. The lowest BCUT2D eigenvalue weighted by molar-refractivity contribution is 0.0878. The Morgan fingerprint density at radius 3 is 2.59 bits per heavy atom. The van der Waals surface area contributed by atoms with Crippen LogP contribution in [0, 0.1) is 24.6 Å². The molecule has 1 saturated heterocycles. The van der Waals surface area contributed by atoms with Crippen LogP contribution in [0.2, 0.25) is 0 Å². The van der Waals surface area contributed by atoms with E-state index < -0.39 is 5.92 Å². The van der Waals surface area contributed by atoms with Crippen molar-refractivity contribution in [3.8, 4) is 5.75 Å². The van der Waals surface area contributed by atoms with Crippen molar-refractivity contribution in [2.24, 2.45) is 11.8 Å². The molecule has 0 radical (unpaired) electrons. The van der Waals surface area contributed by atoms with Crippen molar-refractivity contribution >= 4 is 11.6 Å². The van der Waals surface area contributed by atoms with Crippen LogP contribution in [0.3, 0.4) is 0 Å². The second kappa shape index (κ2) is 11.9. The lowest BCUT2D eigenvalue weighted by Gasteiger charge is -2.32. The van der Waals surface area contributed by atoms with Gasteiger partial charge >= 0.3 is 0 Å². The number of benzene rings is 1. The van der Waals surface area contributed by atoms with Gasteiger partial charge in [0.05, 0.1) is 12.8 Å². The highest BCUT2D eigenvalue weighted by atomic mass is 19.1. The Morgan fingerprint density at radius 1 is 1.22 bits per heavy atom. The number of aromatic nitrogens is 1. The van der Waals surface area contributed by atoms with E-state index >= 15 is 0 Å². The third kappa shape index (κ3) is 6.74. The number of hydrogen-bond acceptors (Lipinski definition) is 6. The van der Waals surface area contributed by atoms with Gasteiger partial charge in [0, 0.05) is 44.2 Å². The van der Waals surface area contributed by atoms with Gasteiger partial charge in [-0.2, -0.15) is 0 Å². The monoisotopic (exact) mass is 444 g/mol. The van der Waals surface area contributed by atoms with Gasteiger partial charge in [0.2, 0.25) is 0 Å². The number of anilines is 1. The second-order valence-electron chi connectivity index (χ2n) is 8.59. The third-order valence-corrected chi connectivity index (χ3v) is 6.16. The minimum Gasteiger partial charge on any atom is -0.494 e.